The number of aromatic nitrogens is 2. The van der Waals surface area contributed by atoms with Crippen LogP contribution in [0.3, 0.4) is 0 Å². The van der Waals surface area contributed by atoms with Crippen LogP contribution < -0.4 is 0 Å². The second-order valence-corrected chi connectivity index (χ2v) is 4.71. The van der Waals surface area contributed by atoms with Gasteiger partial charge in [-0.15, -0.1) is 0 Å². The molecule has 1 saturated carbocycles. The van der Waals surface area contributed by atoms with Crippen molar-refractivity contribution in [2.75, 3.05) is 0 Å². The summed E-state index contributed by atoms with van der Waals surface area (Å²) in [5.41, 5.74) is 0.865. The Balaban J connectivity index is 2.22. The summed E-state index contributed by atoms with van der Waals surface area (Å²) in [5.74, 6) is -0.732. The third-order valence-electron chi connectivity index (χ3n) is 3.81. The number of carboxylic acid groups (broad SMARTS) is 1. The van der Waals surface area contributed by atoms with Crippen LogP contribution in [0.25, 0.3) is 10.9 Å². The Hall–Kier alpha value is -1.84. The van der Waals surface area contributed by atoms with Crippen molar-refractivity contribution in [2.24, 2.45) is 0 Å². The van der Waals surface area contributed by atoms with E-state index in [1.165, 1.54) is 0 Å². The normalized spacial score (nSPS) is 18.6. The maximum atomic E-state index is 11.6. The van der Waals surface area contributed by atoms with Crippen LogP contribution in [-0.2, 0) is 10.2 Å². The summed E-state index contributed by atoms with van der Waals surface area (Å²) >= 11 is 0. The third kappa shape index (κ3) is 1.37. The quantitative estimate of drug-likeness (QED) is 0.832. The molecule has 0 saturated heterocycles. The topological polar surface area (TPSA) is 66.0 Å². The lowest BCUT2D eigenvalue weighted by molar-refractivity contribution is -0.143. The van der Waals surface area contributed by atoms with Crippen molar-refractivity contribution in [3.63, 3.8) is 0 Å². The summed E-state index contributed by atoms with van der Waals surface area (Å²) < 4.78 is 0. The minimum atomic E-state index is -0.754. The van der Waals surface area contributed by atoms with Crippen LogP contribution >= 0.6 is 0 Å². The number of fused-ring (bicyclic) bond motifs is 1. The second-order valence-electron chi connectivity index (χ2n) is 4.71. The molecular formula is C13H14N2O2. The Labute approximate surface area is 98.6 Å². The Kier molecular flexibility index (Phi) is 2.18. The standard InChI is InChI=1S/C13H14N2O2/c16-12(17)13(7-3-4-8-13)11-9-5-1-2-6-10(9)14-15-11/h1-2,5-6H,3-4,7-8H2,(H,14,15)(H,16,17). The number of para-hydroxylation sites is 1. The van der Waals surface area contributed by atoms with Crippen LogP contribution in [0.1, 0.15) is 31.4 Å². The average molecular weight is 230 g/mol. The van der Waals surface area contributed by atoms with Crippen LogP contribution in [-0.4, -0.2) is 21.3 Å². The van der Waals surface area contributed by atoms with Crippen LogP contribution in [0.5, 0.6) is 0 Å². The van der Waals surface area contributed by atoms with Gasteiger partial charge in [0.2, 0.25) is 0 Å². The molecule has 1 aromatic heterocycles. The SMILES string of the molecule is O=C(O)C1(c2[nH]nc3ccccc23)CCCC1. The number of aromatic amines is 1. The van der Waals surface area contributed by atoms with E-state index in [1.54, 1.807) is 0 Å². The fourth-order valence-corrected chi connectivity index (χ4v) is 2.87. The molecule has 17 heavy (non-hydrogen) atoms. The van der Waals surface area contributed by atoms with Crippen molar-refractivity contribution in [2.45, 2.75) is 31.1 Å². The van der Waals surface area contributed by atoms with Crippen molar-refractivity contribution < 1.29 is 9.90 Å². The van der Waals surface area contributed by atoms with E-state index in [2.05, 4.69) is 10.2 Å². The second kappa shape index (κ2) is 3.58. The molecule has 3 rings (SSSR count). The number of carbonyl (C=O) groups is 1. The lowest BCUT2D eigenvalue weighted by atomic mass is 9.81. The largest absolute Gasteiger partial charge is 0.481 e. The van der Waals surface area contributed by atoms with Gasteiger partial charge in [0.15, 0.2) is 0 Å². The molecule has 1 fully saturated rings. The fraction of sp³-hybridized carbons (Fsp3) is 0.385. The van der Waals surface area contributed by atoms with Crippen molar-refractivity contribution in [3.8, 4) is 0 Å². The first kappa shape index (κ1) is 10.3. The number of hydrogen-bond acceptors (Lipinski definition) is 2. The van der Waals surface area contributed by atoms with E-state index in [9.17, 15) is 9.90 Å². The Morgan fingerprint density at radius 2 is 2.00 bits per heavy atom. The number of carboxylic acids is 1. The first-order valence-electron chi connectivity index (χ1n) is 5.91. The molecule has 0 amide bonds. The van der Waals surface area contributed by atoms with Crippen LogP contribution in [0, 0.1) is 0 Å². The van der Waals surface area contributed by atoms with E-state index in [-0.39, 0.29) is 0 Å². The molecule has 1 aromatic carbocycles. The number of nitrogens with zero attached hydrogens (tertiary/aromatic N) is 1. The van der Waals surface area contributed by atoms with Gasteiger partial charge in [-0.3, -0.25) is 9.89 Å². The van der Waals surface area contributed by atoms with Crippen LogP contribution in [0.15, 0.2) is 24.3 Å². The zero-order chi connectivity index (χ0) is 11.9. The van der Waals surface area contributed by atoms with E-state index in [0.717, 1.165) is 29.4 Å². The van der Waals surface area contributed by atoms with Crippen LogP contribution in [0.2, 0.25) is 0 Å². The smallest absolute Gasteiger partial charge is 0.315 e. The van der Waals surface area contributed by atoms with Gasteiger partial charge < -0.3 is 5.11 Å². The Morgan fingerprint density at radius 1 is 1.29 bits per heavy atom. The molecular weight excluding hydrogens is 216 g/mol. The third-order valence-corrected chi connectivity index (χ3v) is 3.81. The highest BCUT2D eigenvalue weighted by Crippen LogP contribution is 2.42. The summed E-state index contributed by atoms with van der Waals surface area (Å²) in [7, 11) is 0. The number of rotatable bonds is 2. The van der Waals surface area contributed by atoms with E-state index >= 15 is 0 Å². The number of nitrogens with one attached hydrogen (secondary N) is 1. The minimum absolute atomic E-state index is 0.703. The average Bonchev–Trinajstić information content (AvgIpc) is 2.95. The molecule has 0 unspecified atom stereocenters. The highest BCUT2D eigenvalue weighted by molar-refractivity contribution is 5.90. The summed E-state index contributed by atoms with van der Waals surface area (Å²) in [6.07, 6.45) is 3.35. The number of H-pyrrole nitrogens is 1. The lowest BCUT2D eigenvalue weighted by Crippen LogP contribution is -2.33. The summed E-state index contributed by atoms with van der Waals surface area (Å²) in [6.45, 7) is 0. The molecule has 1 heterocycles. The predicted octanol–water partition coefficient (Wildman–Crippen LogP) is 2.46. The molecule has 0 atom stereocenters. The fourth-order valence-electron chi connectivity index (χ4n) is 2.87. The number of aliphatic carboxylic acids is 1. The Bertz CT molecular complexity index is 568. The van der Waals surface area contributed by atoms with Gasteiger partial charge >= 0.3 is 5.97 Å². The maximum absolute atomic E-state index is 11.6. The summed E-state index contributed by atoms with van der Waals surface area (Å²) in [4.78, 5) is 11.6. The Morgan fingerprint density at radius 3 is 2.71 bits per heavy atom. The first-order chi connectivity index (χ1) is 8.24. The van der Waals surface area contributed by atoms with Crippen molar-refractivity contribution in [3.05, 3.63) is 30.0 Å². The molecule has 4 nitrogen and oxygen atoms in total. The van der Waals surface area contributed by atoms with E-state index in [1.807, 2.05) is 24.3 Å². The molecule has 1 aliphatic rings. The number of benzene rings is 1. The van der Waals surface area contributed by atoms with Gasteiger partial charge in [-0.05, 0) is 18.9 Å². The van der Waals surface area contributed by atoms with Crippen molar-refractivity contribution >= 4 is 16.9 Å². The molecule has 88 valence electrons. The maximum Gasteiger partial charge on any atom is 0.315 e. The molecule has 2 N–H and O–H groups in total. The molecule has 0 bridgehead atoms. The summed E-state index contributed by atoms with van der Waals surface area (Å²) in [5, 5.41) is 17.6. The highest BCUT2D eigenvalue weighted by atomic mass is 16.4. The van der Waals surface area contributed by atoms with E-state index in [0.29, 0.717) is 12.8 Å². The summed E-state index contributed by atoms with van der Waals surface area (Å²) in [6, 6.07) is 7.68. The minimum Gasteiger partial charge on any atom is -0.481 e. The van der Waals surface area contributed by atoms with Gasteiger partial charge in [-0.25, -0.2) is 0 Å². The molecule has 2 aromatic rings. The lowest BCUT2D eigenvalue weighted by Gasteiger charge is -2.22. The van der Waals surface area contributed by atoms with Gasteiger partial charge in [0, 0.05) is 5.39 Å². The molecule has 0 spiro atoms. The monoisotopic (exact) mass is 230 g/mol. The molecule has 1 aliphatic carbocycles. The van der Waals surface area contributed by atoms with Crippen LogP contribution in [0.4, 0.5) is 0 Å². The van der Waals surface area contributed by atoms with Crippen molar-refractivity contribution in [1.82, 2.24) is 10.2 Å². The van der Waals surface area contributed by atoms with E-state index < -0.39 is 11.4 Å². The van der Waals surface area contributed by atoms with Crippen molar-refractivity contribution in [1.29, 1.82) is 0 Å². The van der Waals surface area contributed by atoms with Gasteiger partial charge in [-0.2, -0.15) is 5.10 Å². The molecule has 0 radical (unpaired) electrons. The molecule has 0 aliphatic heterocycles. The highest BCUT2D eigenvalue weighted by Gasteiger charge is 2.45. The van der Waals surface area contributed by atoms with Gasteiger partial charge in [0.25, 0.3) is 0 Å². The molecule has 4 heteroatoms. The van der Waals surface area contributed by atoms with Gasteiger partial charge in [-0.1, -0.05) is 31.0 Å². The number of hydrogen-bond donors (Lipinski definition) is 2. The zero-order valence-electron chi connectivity index (χ0n) is 9.44. The van der Waals surface area contributed by atoms with Gasteiger partial charge in [0.05, 0.1) is 11.2 Å². The first-order valence-corrected chi connectivity index (χ1v) is 5.91. The predicted molar refractivity (Wildman–Crippen MR) is 63.9 cm³/mol. The van der Waals surface area contributed by atoms with E-state index in [4.69, 9.17) is 0 Å². The van der Waals surface area contributed by atoms with Gasteiger partial charge in [0.1, 0.15) is 5.41 Å². The zero-order valence-corrected chi connectivity index (χ0v) is 9.44.